The van der Waals surface area contributed by atoms with Crippen LogP contribution >= 0.6 is 0 Å². The quantitative estimate of drug-likeness (QED) is 0.715. The molecule has 0 aliphatic heterocycles. The Morgan fingerprint density at radius 3 is 2.47 bits per heavy atom. The molecule has 2 aromatic carbocycles. The number of anilines is 1. The number of para-hydroxylation sites is 1. The topological polar surface area (TPSA) is 56.7 Å². The zero-order valence-corrected chi connectivity index (χ0v) is 9.99. The molecule has 2 N–H and O–H groups in total. The van der Waals surface area contributed by atoms with Gasteiger partial charge in [0.1, 0.15) is 17.2 Å². The van der Waals surface area contributed by atoms with E-state index in [1.54, 1.807) is 36.5 Å². The normalized spacial score (nSPS) is 10.6. The summed E-state index contributed by atoms with van der Waals surface area (Å²) >= 11 is 0. The highest BCUT2D eigenvalue weighted by molar-refractivity contribution is 5.61. The predicted molar refractivity (Wildman–Crippen MR) is 71.2 cm³/mol. The Kier molecular flexibility index (Phi) is 2.72. The summed E-state index contributed by atoms with van der Waals surface area (Å²) in [4.78, 5) is 0. The molecule has 0 saturated heterocycles. The zero-order valence-electron chi connectivity index (χ0n) is 9.99. The van der Waals surface area contributed by atoms with E-state index in [2.05, 4.69) is 10.3 Å². The van der Waals surface area contributed by atoms with Gasteiger partial charge in [-0.05, 0) is 24.3 Å². The Balaban J connectivity index is 2.00. The molecule has 0 spiro atoms. The van der Waals surface area contributed by atoms with Gasteiger partial charge in [0.05, 0.1) is 6.20 Å². The molecule has 3 aromatic rings. The first-order valence-corrected chi connectivity index (χ1v) is 5.77. The highest BCUT2D eigenvalue weighted by Crippen LogP contribution is 2.19. The third-order valence-corrected chi connectivity index (χ3v) is 2.80. The smallest absolute Gasteiger partial charge is 0.148 e. The largest absolute Gasteiger partial charge is 0.399 e. The molecule has 0 aliphatic rings. The molecule has 4 nitrogen and oxygen atoms in total. The number of halogens is 1. The summed E-state index contributed by atoms with van der Waals surface area (Å²) in [6.07, 6.45) is 1.68. The van der Waals surface area contributed by atoms with E-state index in [9.17, 15) is 4.39 Å². The second-order valence-electron chi connectivity index (χ2n) is 4.12. The monoisotopic (exact) mass is 254 g/mol. The number of nitrogen functional groups attached to an aromatic ring is 1. The van der Waals surface area contributed by atoms with Gasteiger partial charge in [-0.3, -0.25) is 0 Å². The number of aromatic nitrogens is 3. The lowest BCUT2D eigenvalue weighted by molar-refractivity contribution is 0.607. The molecule has 1 heterocycles. The van der Waals surface area contributed by atoms with Gasteiger partial charge in [-0.1, -0.05) is 29.5 Å². The molecule has 0 saturated carbocycles. The lowest BCUT2D eigenvalue weighted by Gasteiger charge is -2.00. The number of hydrogen-bond acceptors (Lipinski definition) is 3. The van der Waals surface area contributed by atoms with Crippen molar-refractivity contribution in [2.75, 3.05) is 5.73 Å². The minimum Gasteiger partial charge on any atom is -0.399 e. The van der Waals surface area contributed by atoms with E-state index in [1.807, 2.05) is 12.1 Å². The fourth-order valence-corrected chi connectivity index (χ4v) is 1.81. The summed E-state index contributed by atoms with van der Waals surface area (Å²) in [5.74, 6) is -0.337. The van der Waals surface area contributed by atoms with Crippen LogP contribution in [-0.4, -0.2) is 15.0 Å². The second-order valence-corrected chi connectivity index (χ2v) is 4.12. The van der Waals surface area contributed by atoms with Gasteiger partial charge in [-0.15, -0.1) is 5.10 Å². The average molecular weight is 254 g/mol. The number of benzene rings is 2. The van der Waals surface area contributed by atoms with E-state index in [-0.39, 0.29) is 5.82 Å². The Bertz CT molecular complexity index is 703. The van der Waals surface area contributed by atoms with E-state index in [1.165, 1.54) is 10.7 Å². The van der Waals surface area contributed by atoms with Crippen molar-refractivity contribution >= 4 is 5.69 Å². The van der Waals surface area contributed by atoms with Crippen molar-refractivity contribution in [2.24, 2.45) is 0 Å². The van der Waals surface area contributed by atoms with Crippen LogP contribution in [0.3, 0.4) is 0 Å². The lowest BCUT2D eigenvalue weighted by Crippen LogP contribution is -1.97. The molecule has 0 amide bonds. The molecule has 0 bridgehead atoms. The van der Waals surface area contributed by atoms with Gasteiger partial charge in [0, 0.05) is 11.3 Å². The maximum atomic E-state index is 13.6. The Morgan fingerprint density at radius 1 is 1.00 bits per heavy atom. The van der Waals surface area contributed by atoms with Crippen LogP contribution in [0.4, 0.5) is 10.1 Å². The van der Waals surface area contributed by atoms with Crippen molar-refractivity contribution in [1.29, 1.82) is 0 Å². The summed E-state index contributed by atoms with van der Waals surface area (Å²) in [7, 11) is 0. The maximum Gasteiger partial charge on any atom is 0.148 e. The summed E-state index contributed by atoms with van der Waals surface area (Å²) in [5, 5.41) is 7.98. The van der Waals surface area contributed by atoms with Crippen LogP contribution in [0, 0.1) is 5.82 Å². The molecule has 0 fully saturated rings. The molecule has 1 aromatic heterocycles. The van der Waals surface area contributed by atoms with Crippen molar-refractivity contribution in [1.82, 2.24) is 15.0 Å². The van der Waals surface area contributed by atoms with Crippen LogP contribution in [-0.2, 0) is 0 Å². The van der Waals surface area contributed by atoms with E-state index in [0.29, 0.717) is 17.1 Å². The van der Waals surface area contributed by atoms with Crippen LogP contribution in [0.2, 0.25) is 0 Å². The fourth-order valence-electron chi connectivity index (χ4n) is 1.81. The van der Waals surface area contributed by atoms with Crippen molar-refractivity contribution in [3.05, 3.63) is 60.5 Å². The van der Waals surface area contributed by atoms with Crippen LogP contribution in [0.25, 0.3) is 16.9 Å². The highest BCUT2D eigenvalue weighted by atomic mass is 19.1. The Morgan fingerprint density at radius 2 is 1.74 bits per heavy atom. The number of nitrogens with two attached hydrogens (primary N) is 1. The van der Waals surface area contributed by atoms with Crippen molar-refractivity contribution in [3.8, 4) is 16.9 Å². The molecule has 3 rings (SSSR count). The molecule has 0 radical (unpaired) electrons. The molecule has 0 aliphatic carbocycles. The highest BCUT2D eigenvalue weighted by Gasteiger charge is 2.08. The first-order chi connectivity index (χ1) is 9.24. The van der Waals surface area contributed by atoms with Crippen molar-refractivity contribution in [3.63, 3.8) is 0 Å². The molecular formula is C14H11FN4. The molecular weight excluding hydrogens is 243 g/mol. The van der Waals surface area contributed by atoms with Crippen LogP contribution in [0.15, 0.2) is 54.7 Å². The third-order valence-electron chi connectivity index (χ3n) is 2.80. The number of nitrogens with zero attached hydrogens (tertiary/aromatic N) is 3. The second kappa shape index (κ2) is 4.53. The van der Waals surface area contributed by atoms with Gasteiger partial charge >= 0.3 is 0 Å². The first kappa shape index (κ1) is 11.4. The number of rotatable bonds is 2. The van der Waals surface area contributed by atoms with Gasteiger partial charge in [0.15, 0.2) is 0 Å². The van der Waals surface area contributed by atoms with Crippen molar-refractivity contribution < 1.29 is 4.39 Å². The van der Waals surface area contributed by atoms with Gasteiger partial charge in [0.2, 0.25) is 0 Å². The van der Waals surface area contributed by atoms with E-state index in [4.69, 9.17) is 5.73 Å². The third kappa shape index (κ3) is 2.18. The lowest BCUT2D eigenvalue weighted by atomic mass is 10.1. The molecule has 94 valence electrons. The molecule has 5 heteroatoms. The minimum absolute atomic E-state index is 0.337. The van der Waals surface area contributed by atoms with E-state index in [0.717, 1.165) is 5.56 Å². The summed E-state index contributed by atoms with van der Waals surface area (Å²) < 4.78 is 15.1. The Labute approximate surface area is 109 Å². The van der Waals surface area contributed by atoms with Gasteiger partial charge in [-0.25, -0.2) is 9.07 Å². The molecule has 0 unspecified atom stereocenters. The zero-order chi connectivity index (χ0) is 13.2. The van der Waals surface area contributed by atoms with E-state index < -0.39 is 0 Å². The van der Waals surface area contributed by atoms with Crippen LogP contribution in [0.5, 0.6) is 0 Å². The van der Waals surface area contributed by atoms with Gasteiger partial charge in [0.25, 0.3) is 0 Å². The maximum absolute atomic E-state index is 13.6. The SMILES string of the molecule is Nc1ccc(-c2cn(-c3ccccc3F)nn2)cc1. The summed E-state index contributed by atoms with van der Waals surface area (Å²) in [6, 6.07) is 13.7. The summed E-state index contributed by atoms with van der Waals surface area (Å²) in [5.41, 5.74) is 8.24. The Hall–Kier alpha value is -2.69. The van der Waals surface area contributed by atoms with E-state index >= 15 is 0 Å². The van der Waals surface area contributed by atoms with Crippen LogP contribution < -0.4 is 5.73 Å². The summed E-state index contributed by atoms with van der Waals surface area (Å²) in [6.45, 7) is 0. The minimum atomic E-state index is -0.337. The fraction of sp³-hybridized carbons (Fsp3) is 0. The first-order valence-electron chi connectivity index (χ1n) is 5.77. The number of hydrogen-bond donors (Lipinski definition) is 1. The molecule has 0 atom stereocenters. The molecule has 19 heavy (non-hydrogen) atoms. The van der Waals surface area contributed by atoms with Crippen molar-refractivity contribution in [2.45, 2.75) is 0 Å². The van der Waals surface area contributed by atoms with Gasteiger partial charge < -0.3 is 5.73 Å². The average Bonchev–Trinajstić information content (AvgIpc) is 2.89. The predicted octanol–water partition coefficient (Wildman–Crippen LogP) is 2.66. The van der Waals surface area contributed by atoms with Crippen LogP contribution in [0.1, 0.15) is 0 Å². The standard InChI is InChI=1S/C14H11FN4/c15-12-3-1-2-4-14(12)19-9-13(17-18-19)10-5-7-11(16)8-6-10/h1-9H,16H2. The van der Waals surface area contributed by atoms with Gasteiger partial charge in [-0.2, -0.15) is 0 Å².